The third kappa shape index (κ3) is 2.72. The second-order valence-electron chi connectivity index (χ2n) is 4.51. The van der Waals surface area contributed by atoms with Crippen molar-refractivity contribution in [2.45, 2.75) is 32.2 Å². The maximum atomic E-state index is 13.6. The van der Waals surface area contributed by atoms with Gasteiger partial charge in [-0.05, 0) is 18.9 Å². The molecule has 0 aliphatic carbocycles. The van der Waals surface area contributed by atoms with Crippen LogP contribution in [0.3, 0.4) is 0 Å². The van der Waals surface area contributed by atoms with Crippen LogP contribution < -0.4 is 0 Å². The van der Waals surface area contributed by atoms with Crippen molar-refractivity contribution in [1.29, 1.82) is 0 Å². The third-order valence-corrected chi connectivity index (χ3v) is 5.25. The molecule has 0 aromatic heterocycles. The number of aliphatic imine (C=N–C) groups is 1. The van der Waals surface area contributed by atoms with E-state index in [0.29, 0.717) is 25.9 Å². The number of sulfonamides is 1. The number of allylic oxidation sites excluding steroid dienone is 1. The fourth-order valence-electron chi connectivity index (χ4n) is 2.30. The summed E-state index contributed by atoms with van der Waals surface area (Å²) in [4.78, 5) is 5.15. The van der Waals surface area contributed by atoms with Gasteiger partial charge in [0.1, 0.15) is 0 Å². The van der Waals surface area contributed by atoms with E-state index >= 15 is 0 Å². The van der Waals surface area contributed by atoms with Crippen molar-refractivity contribution in [2.75, 3.05) is 18.8 Å². The molecule has 102 valence electrons. The lowest BCUT2D eigenvalue weighted by Crippen LogP contribution is -2.40. The maximum Gasteiger partial charge on any atom is 0.266 e. The summed E-state index contributed by atoms with van der Waals surface area (Å²) in [5.74, 6) is 0.159. The van der Waals surface area contributed by atoms with Gasteiger partial charge >= 0.3 is 0 Å². The molecule has 2 unspecified atom stereocenters. The number of nitrogens with zero attached hydrogens (tertiary/aromatic N) is 3. The summed E-state index contributed by atoms with van der Waals surface area (Å²) in [6, 6.07) is -0.125. The zero-order valence-corrected chi connectivity index (χ0v) is 11.2. The van der Waals surface area contributed by atoms with Crippen LogP contribution in [-0.2, 0) is 10.0 Å². The summed E-state index contributed by atoms with van der Waals surface area (Å²) < 4.78 is 38.9. The van der Waals surface area contributed by atoms with E-state index in [0.717, 1.165) is 0 Å². The fraction of sp³-hybridized carbons (Fsp3) is 0.727. The lowest BCUT2D eigenvalue weighted by molar-refractivity contribution is 0.101. The average Bonchev–Trinajstić information content (AvgIpc) is 2.79. The molecule has 5 nitrogen and oxygen atoms in total. The molecule has 0 amide bonds. The van der Waals surface area contributed by atoms with Gasteiger partial charge in [0.2, 0.25) is 10.0 Å². The van der Waals surface area contributed by atoms with E-state index in [4.69, 9.17) is 0 Å². The van der Waals surface area contributed by atoms with Crippen molar-refractivity contribution in [3.05, 3.63) is 12.3 Å². The summed E-state index contributed by atoms with van der Waals surface area (Å²) in [6.07, 6.45) is 4.57. The molecule has 0 N–H and O–H groups in total. The Balaban J connectivity index is 2.00. The van der Waals surface area contributed by atoms with Crippen molar-refractivity contribution in [3.63, 3.8) is 0 Å². The quantitative estimate of drug-likeness (QED) is 0.718. The van der Waals surface area contributed by atoms with Crippen LogP contribution in [0.25, 0.3) is 0 Å². The summed E-state index contributed by atoms with van der Waals surface area (Å²) in [6.45, 7) is 2.65. The molecule has 0 aromatic carbocycles. The highest BCUT2D eigenvalue weighted by Crippen LogP contribution is 2.23. The Hall–Kier alpha value is -0.950. The van der Waals surface area contributed by atoms with Crippen molar-refractivity contribution in [2.24, 2.45) is 4.99 Å². The normalized spacial score (nSPS) is 29.1. The second-order valence-corrected chi connectivity index (χ2v) is 6.60. The Labute approximate surface area is 107 Å². The van der Waals surface area contributed by atoms with Crippen LogP contribution in [0.2, 0.25) is 0 Å². The number of alkyl halides is 1. The molecule has 1 fully saturated rings. The van der Waals surface area contributed by atoms with E-state index in [1.807, 2.05) is 6.92 Å². The van der Waals surface area contributed by atoms with Gasteiger partial charge in [-0.1, -0.05) is 6.92 Å². The SMILES string of the molecule is CCCS(=O)(=O)N1CCC(N2C=CC=NC2F)C1. The second kappa shape index (κ2) is 5.36. The molecule has 2 aliphatic heterocycles. The molecule has 0 radical (unpaired) electrons. The van der Waals surface area contributed by atoms with Crippen molar-refractivity contribution >= 4 is 16.2 Å². The zero-order chi connectivity index (χ0) is 13.2. The van der Waals surface area contributed by atoms with Gasteiger partial charge in [-0.3, -0.25) is 0 Å². The molecule has 2 atom stereocenters. The van der Waals surface area contributed by atoms with Gasteiger partial charge in [-0.15, -0.1) is 0 Å². The molecule has 0 bridgehead atoms. The van der Waals surface area contributed by atoms with E-state index in [1.54, 1.807) is 12.3 Å². The highest BCUT2D eigenvalue weighted by Gasteiger charge is 2.35. The zero-order valence-electron chi connectivity index (χ0n) is 10.4. The van der Waals surface area contributed by atoms with Gasteiger partial charge in [0.15, 0.2) is 0 Å². The van der Waals surface area contributed by atoms with Crippen LogP contribution in [-0.4, -0.2) is 55.1 Å². The van der Waals surface area contributed by atoms with E-state index in [1.165, 1.54) is 15.4 Å². The van der Waals surface area contributed by atoms with Gasteiger partial charge in [-0.2, -0.15) is 8.70 Å². The van der Waals surface area contributed by atoms with Crippen LogP contribution in [0, 0.1) is 0 Å². The van der Waals surface area contributed by atoms with Crippen molar-refractivity contribution in [1.82, 2.24) is 9.21 Å². The van der Waals surface area contributed by atoms with Crippen LogP contribution in [0.5, 0.6) is 0 Å². The van der Waals surface area contributed by atoms with Crippen molar-refractivity contribution in [3.8, 4) is 0 Å². The Morgan fingerprint density at radius 3 is 2.94 bits per heavy atom. The summed E-state index contributed by atoms with van der Waals surface area (Å²) >= 11 is 0. The van der Waals surface area contributed by atoms with Gasteiger partial charge in [0.05, 0.1) is 5.75 Å². The van der Waals surface area contributed by atoms with Crippen LogP contribution in [0.4, 0.5) is 4.39 Å². The van der Waals surface area contributed by atoms with E-state index in [2.05, 4.69) is 4.99 Å². The monoisotopic (exact) mass is 275 g/mol. The minimum atomic E-state index is -3.18. The minimum Gasteiger partial charge on any atom is -0.326 e. The first-order valence-electron chi connectivity index (χ1n) is 6.14. The van der Waals surface area contributed by atoms with Gasteiger partial charge in [0, 0.05) is 31.5 Å². The third-order valence-electron chi connectivity index (χ3n) is 3.20. The molecule has 0 aromatic rings. The molecular weight excluding hydrogens is 257 g/mol. The predicted molar refractivity (Wildman–Crippen MR) is 68.4 cm³/mol. The average molecular weight is 275 g/mol. The highest BCUT2D eigenvalue weighted by atomic mass is 32.2. The Bertz CT molecular complexity index is 449. The Morgan fingerprint density at radius 1 is 1.50 bits per heavy atom. The number of rotatable bonds is 4. The summed E-state index contributed by atoms with van der Waals surface area (Å²) in [5.41, 5.74) is 0. The molecular formula is C11H18FN3O2S. The van der Waals surface area contributed by atoms with Crippen LogP contribution in [0.15, 0.2) is 17.3 Å². The van der Waals surface area contributed by atoms with Crippen LogP contribution >= 0.6 is 0 Å². The first-order valence-corrected chi connectivity index (χ1v) is 7.75. The molecule has 18 heavy (non-hydrogen) atoms. The largest absolute Gasteiger partial charge is 0.326 e. The number of hydrogen-bond acceptors (Lipinski definition) is 4. The molecule has 0 saturated carbocycles. The Kier molecular flexibility index (Phi) is 4.01. The van der Waals surface area contributed by atoms with Gasteiger partial charge in [-0.25, -0.2) is 13.4 Å². The van der Waals surface area contributed by atoms with Crippen molar-refractivity contribution < 1.29 is 12.8 Å². The fourth-order valence-corrected chi connectivity index (χ4v) is 3.85. The lowest BCUT2D eigenvalue weighted by Gasteiger charge is -2.29. The first kappa shape index (κ1) is 13.5. The molecule has 2 aliphatic rings. The molecule has 0 spiro atoms. The Morgan fingerprint density at radius 2 is 2.28 bits per heavy atom. The predicted octanol–water partition coefficient (Wildman–Crippen LogP) is 0.954. The van der Waals surface area contributed by atoms with Crippen LogP contribution in [0.1, 0.15) is 19.8 Å². The molecule has 2 rings (SSSR count). The van der Waals surface area contributed by atoms with E-state index in [-0.39, 0.29) is 11.8 Å². The maximum absolute atomic E-state index is 13.6. The van der Waals surface area contributed by atoms with Gasteiger partial charge in [0.25, 0.3) is 6.42 Å². The standard InChI is InChI=1S/C11H18FN3O2S/c1-2-8-18(16,17)14-7-4-10(9-14)15-6-3-5-13-11(15)12/h3,5-6,10-11H,2,4,7-9H2,1H3. The topological polar surface area (TPSA) is 53.0 Å². The number of halogens is 1. The minimum absolute atomic E-state index is 0.125. The van der Waals surface area contributed by atoms with E-state index < -0.39 is 16.4 Å². The summed E-state index contributed by atoms with van der Waals surface area (Å²) in [7, 11) is -3.18. The summed E-state index contributed by atoms with van der Waals surface area (Å²) in [5, 5.41) is 0. The van der Waals surface area contributed by atoms with Gasteiger partial charge < -0.3 is 4.90 Å². The molecule has 2 heterocycles. The smallest absolute Gasteiger partial charge is 0.266 e. The van der Waals surface area contributed by atoms with E-state index in [9.17, 15) is 12.8 Å². The molecule has 7 heteroatoms. The first-order chi connectivity index (χ1) is 8.54. The highest BCUT2D eigenvalue weighted by molar-refractivity contribution is 7.89. The number of hydrogen-bond donors (Lipinski definition) is 0. The molecule has 1 saturated heterocycles. The lowest BCUT2D eigenvalue weighted by atomic mass is 10.2.